The van der Waals surface area contributed by atoms with Crippen LogP contribution in [0.5, 0.6) is 0 Å². The standard InChI is InChI=1S/Fe.Mg.Mn.Na.Ni.H2O.3H/h;;;;;1H2;;;. The van der Waals surface area contributed by atoms with Gasteiger partial charge in [0.15, 0.2) is 0 Å². The van der Waals surface area contributed by atoms with E-state index in [1.54, 1.807) is 0 Å². The van der Waals surface area contributed by atoms with E-state index in [0.29, 0.717) is 0 Å². The monoisotopic (exact) mass is 237 g/mol. The molecule has 0 aliphatic rings. The predicted octanol–water partition coefficient (Wildman–Crippen LogP) is -2.40. The zero-order valence-electron chi connectivity index (χ0n) is 1.55. The number of hydrogen-bond acceptors (Lipinski definition) is 0. The van der Waals surface area contributed by atoms with Gasteiger partial charge in [0.2, 0.25) is 0 Å². The van der Waals surface area contributed by atoms with E-state index >= 15 is 0 Å². The van der Waals surface area contributed by atoms with Gasteiger partial charge in [-0.2, -0.15) is 0 Å². The Balaban J connectivity index is 0. The first kappa shape index (κ1) is 59.5. The summed E-state index contributed by atoms with van der Waals surface area (Å²) in [5, 5.41) is 0. The van der Waals surface area contributed by atoms with Gasteiger partial charge in [0.25, 0.3) is 0 Å². The molecule has 0 saturated heterocycles. The molecule has 0 amide bonds. The molecule has 0 aromatic carbocycles. The van der Waals surface area contributed by atoms with Crippen molar-refractivity contribution in [2.45, 2.75) is 0 Å². The fraction of sp³-hybridized carbons (Fsp3) is 0. The second-order valence-corrected chi connectivity index (χ2v) is 0. The average Bonchev–Trinajstić information content (AvgIpc) is 0. The van der Waals surface area contributed by atoms with Crippen molar-refractivity contribution in [1.29, 1.82) is 0 Å². The maximum atomic E-state index is 0. The normalized spacial score (nSPS) is 0. The van der Waals surface area contributed by atoms with E-state index < -0.39 is 0 Å². The van der Waals surface area contributed by atoms with E-state index in [2.05, 4.69) is 0 Å². The maximum Gasteiger partial charge on any atom is 0 e. The molecule has 1 nitrogen and oxygen atoms in total. The zero-order chi connectivity index (χ0) is 0. The van der Waals surface area contributed by atoms with Crippen LogP contribution in [0.2, 0.25) is 0 Å². The topological polar surface area (TPSA) is 31.5 Å². The van der Waals surface area contributed by atoms with Gasteiger partial charge in [-0.1, -0.05) is 0 Å². The number of hydrogen-bond donors (Lipinski definition) is 0. The van der Waals surface area contributed by atoms with Crippen LogP contribution in [0, 0.1) is 0 Å². The van der Waals surface area contributed by atoms with Gasteiger partial charge in [-0.15, -0.1) is 0 Å². The fourth-order valence-corrected chi connectivity index (χ4v) is 0. The van der Waals surface area contributed by atoms with E-state index in [1.807, 2.05) is 0 Å². The second kappa shape index (κ2) is 41.0. The Hall–Kier alpha value is 3.26. The van der Waals surface area contributed by atoms with E-state index in [0.717, 1.165) is 0 Å². The molecule has 0 heterocycles. The molecule has 0 rings (SSSR count). The number of rotatable bonds is 0. The summed E-state index contributed by atoms with van der Waals surface area (Å²) in [6.07, 6.45) is 0. The molecule has 0 aliphatic heterocycles. The van der Waals surface area contributed by atoms with Crippen molar-refractivity contribution in [3.05, 3.63) is 0 Å². The first-order valence-corrected chi connectivity index (χ1v) is 0. The van der Waals surface area contributed by atoms with Crippen molar-refractivity contribution < 1.29 is 56.1 Å². The van der Waals surface area contributed by atoms with Crippen LogP contribution >= 0.6 is 0 Å². The Morgan fingerprint density at radius 2 is 1.00 bits per heavy atom. The van der Waals surface area contributed by atoms with E-state index in [1.165, 1.54) is 0 Å². The molecule has 0 aromatic rings. The van der Waals surface area contributed by atoms with E-state index in [9.17, 15) is 0 Å². The molecule has 0 saturated carbocycles. The fourth-order valence-electron chi connectivity index (χ4n) is 0. The van der Waals surface area contributed by atoms with Crippen molar-refractivity contribution in [2.75, 3.05) is 0 Å². The van der Waals surface area contributed by atoms with Crippen molar-refractivity contribution in [3.63, 3.8) is 0 Å². The average molecular weight is 238 g/mol. The van der Waals surface area contributed by atoms with Gasteiger partial charge < -0.3 is 5.48 Å². The van der Waals surface area contributed by atoms with Crippen molar-refractivity contribution in [1.82, 2.24) is 0 Å². The third-order valence-electron chi connectivity index (χ3n) is 0. The zero-order valence-corrected chi connectivity index (χ0v) is 4.82. The van der Waals surface area contributed by atoms with Gasteiger partial charge in [0.1, 0.15) is 0 Å². The van der Waals surface area contributed by atoms with Crippen LogP contribution in [0.4, 0.5) is 0 Å². The molecule has 2 N–H and O–H groups in total. The summed E-state index contributed by atoms with van der Waals surface area (Å²) in [6, 6.07) is 0. The molecule has 1 radical (unpaired) electrons. The Morgan fingerprint density at radius 1 is 1.00 bits per heavy atom. The summed E-state index contributed by atoms with van der Waals surface area (Å²) >= 11 is 0. The summed E-state index contributed by atoms with van der Waals surface area (Å²) in [5.41, 5.74) is 0. The van der Waals surface area contributed by atoms with Crippen LogP contribution in [0.1, 0.15) is 0 Å². The van der Waals surface area contributed by atoms with Crippen LogP contribution in [0.15, 0.2) is 0 Å². The second-order valence-electron chi connectivity index (χ2n) is 0. The molecule has 0 unspecified atom stereocenters. The van der Waals surface area contributed by atoms with Gasteiger partial charge in [0, 0.05) is 50.6 Å². The minimum absolute atomic E-state index is 0. The Morgan fingerprint density at radius 3 is 1.00 bits per heavy atom. The molecule has 6 heteroatoms. The van der Waals surface area contributed by atoms with Gasteiger partial charge in [-0.3, -0.25) is 0 Å². The third kappa shape index (κ3) is 26.8. The molecule has 0 atom stereocenters. The Labute approximate surface area is 107 Å². The Kier molecular flexibility index (Phi) is 406. The summed E-state index contributed by atoms with van der Waals surface area (Å²) < 4.78 is 0. The van der Waals surface area contributed by atoms with Crippen LogP contribution < -0.4 is 0 Å². The summed E-state index contributed by atoms with van der Waals surface area (Å²) in [5.74, 6) is 0. The van der Waals surface area contributed by atoms with Crippen LogP contribution in [0.25, 0.3) is 0 Å². The summed E-state index contributed by atoms with van der Waals surface area (Å²) in [6.45, 7) is 0. The SMILES string of the molecule is O.[Fe].[MgH2].[Mn].[NaH].[Ni]. The van der Waals surface area contributed by atoms with E-state index in [-0.39, 0.29) is 109 Å². The Bertz CT molecular complexity index is 15.5. The minimum Gasteiger partial charge on any atom is 0 e. The molecule has 0 aromatic heterocycles. The molecule has 0 spiro atoms. The molecule has 39 valence electrons. The van der Waals surface area contributed by atoms with Crippen LogP contribution in [-0.4, -0.2) is 58.1 Å². The van der Waals surface area contributed by atoms with E-state index in [4.69, 9.17) is 0 Å². The molecule has 0 fully saturated rings. The van der Waals surface area contributed by atoms with Gasteiger partial charge in [0.05, 0.1) is 0 Å². The third-order valence-corrected chi connectivity index (χ3v) is 0. The van der Waals surface area contributed by atoms with Crippen molar-refractivity contribution >= 4 is 52.6 Å². The first-order chi connectivity index (χ1) is 0. The molecule has 0 aliphatic carbocycles. The van der Waals surface area contributed by atoms with Gasteiger partial charge >= 0.3 is 52.6 Å². The quantitative estimate of drug-likeness (QED) is 0.421. The van der Waals surface area contributed by atoms with Crippen LogP contribution in [-0.2, 0) is 50.6 Å². The molecule has 6 heavy (non-hydrogen) atoms. The summed E-state index contributed by atoms with van der Waals surface area (Å²) in [4.78, 5) is 0. The largest absolute Gasteiger partial charge is 0 e. The van der Waals surface area contributed by atoms with Gasteiger partial charge in [-0.25, -0.2) is 0 Å². The summed E-state index contributed by atoms with van der Waals surface area (Å²) in [7, 11) is 0. The van der Waals surface area contributed by atoms with Crippen LogP contribution in [0.3, 0.4) is 0 Å². The smallest absolute Gasteiger partial charge is 0 e. The van der Waals surface area contributed by atoms with Crippen molar-refractivity contribution in [3.8, 4) is 0 Å². The minimum atomic E-state index is 0. The molecular weight excluding hydrogens is 233 g/mol. The molecular formula is H5FeMgMnNaNiO. The van der Waals surface area contributed by atoms with Gasteiger partial charge in [-0.05, 0) is 0 Å². The van der Waals surface area contributed by atoms with Crippen molar-refractivity contribution in [2.24, 2.45) is 0 Å². The maximum absolute atomic E-state index is 0. The predicted molar refractivity (Wildman–Crippen MR) is 19.3 cm³/mol. The first-order valence-electron chi connectivity index (χ1n) is 0. The molecule has 0 bridgehead atoms.